The van der Waals surface area contributed by atoms with Gasteiger partial charge in [-0.1, -0.05) is 275 Å². The molecule has 0 aromatic carbocycles. The van der Waals surface area contributed by atoms with Crippen LogP contribution in [0.3, 0.4) is 0 Å². The van der Waals surface area contributed by atoms with Crippen LogP contribution in [0.5, 0.6) is 0 Å². The number of ether oxygens (including phenoxy) is 3. The number of hydrogen-bond donors (Lipinski definition) is 6. The van der Waals surface area contributed by atoms with Crippen molar-refractivity contribution < 1.29 is 49.3 Å². The Balaban J connectivity index is 1.93. The first-order valence-corrected chi connectivity index (χ1v) is 34.8. The summed E-state index contributed by atoms with van der Waals surface area (Å²) in [4.78, 5) is 25.1. The van der Waals surface area contributed by atoms with Gasteiger partial charge < -0.3 is 45.1 Å². The molecule has 1 heterocycles. The van der Waals surface area contributed by atoms with E-state index in [0.717, 1.165) is 57.8 Å². The van der Waals surface area contributed by atoms with Crippen LogP contribution < -0.4 is 5.32 Å². The molecule has 11 nitrogen and oxygen atoms in total. The van der Waals surface area contributed by atoms with Crippen molar-refractivity contribution in [3.05, 3.63) is 36.5 Å². The summed E-state index contributed by atoms with van der Waals surface area (Å²) in [5.41, 5.74) is 0. The molecule has 1 rings (SSSR count). The smallest absolute Gasteiger partial charge is 0.305 e. The van der Waals surface area contributed by atoms with Crippen LogP contribution in [-0.2, 0) is 23.8 Å². The lowest BCUT2D eigenvalue weighted by Gasteiger charge is -2.40. The number of rotatable bonds is 61. The fourth-order valence-electron chi connectivity index (χ4n) is 11.0. The molecule has 0 bridgehead atoms. The van der Waals surface area contributed by atoms with E-state index >= 15 is 0 Å². The fraction of sp³-hybridized carbons (Fsp3) is 0.886. The van der Waals surface area contributed by atoms with E-state index in [-0.39, 0.29) is 18.5 Å². The van der Waals surface area contributed by atoms with Gasteiger partial charge in [0.1, 0.15) is 24.4 Å². The lowest BCUT2D eigenvalue weighted by Crippen LogP contribution is -2.60. The molecule has 0 aliphatic carbocycles. The molecule has 1 aliphatic heterocycles. The van der Waals surface area contributed by atoms with E-state index in [1.165, 1.54) is 250 Å². The first-order valence-electron chi connectivity index (χ1n) is 34.8. The van der Waals surface area contributed by atoms with Crippen LogP contribution in [0.2, 0.25) is 0 Å². The molecule has 7 unspecified atom stereocenters. The second-order valence-electron chi connectivity index (χ2n) is 24.2. The lowest BCUT2D eigenvalue weighted by atomic mass is 9.99. The van der Waals surface area contributed by atoms with E-state index in [1.807, 2.05) is 6.08 Å². The Morgan fingerprint density at radius 3 is 1.19 bits per heavy atom. The second kappa shape index (κ2) is 59.6. The summed E-state index contributed by atoms with van der Waals surface area (Å²) >= 11 is 0. The first-order chi connectivity index (χ1) is 39.7. The monoisotopic (exact) mass is 1150 g/mol. The molecular weight excluding hydrogens is 1010 g/mol. The van der Waals surface area contributed by atoms with Crippen molar-refractivity contribution in [3.63, 3.8) is 0 Å². The number of unbranched alkanes of at least 4 members (excludes halogenated alkanes) is 43. The van der Waals surface area contributed by atoms with Gasteiger partial charge in [0, 0.05) is 12.8 Å². The molecule has 1 saturated heterocycles. The maximum Gasteiger partial charge on any atom is 0.305 e. The second-order valence-corrected chi connectivity index (χ2v) is 24.2. The van der Waals surface area contributed by atoms with Crippen LogP contribution in [0, 0.1) is 0 Å². The highest BCUT2D eigenvalue weighted by Gasteiger charge is 2.44. The third-order valence-corrected chi connectivity index (χ3v) is 16.5. The Bertz CT molecular complexity index is 1440. The highest BCUT2D eigenvalue weighted by atomic mass is 16.7. The van der Waals surface area contributed by atoms with Crippen molar-refractivity contribution in [1.29, 1.82) is 0 Å². The van der Waals surface area contributed by atoms with Crippen LogP contribution in [0.15, 0.2) is 36.5 Å². The maximum atomic E-state index is 13.0. The summed E-state index contributed by atoms with van der Waals surface area (Å²) in [5.74, 6) is -0.181. The molecule has 0 radical (unpaired) electrons. The molecule has 1 amide bonds. The number of hydrogen-bond acceptors (Lipinski definition) is 10. The van der Waals surface area contributed by atoms with Gasteiger partial charge in [0.25, 0.3) is 0 Å². The van der Waals surface area contributed by atoms with Crippen molar-refractivity contribution in [2.45, 2.75) is 378 Å². The van der Waals surface area contributed by atoms with Gasteiger partial charge in [-0.3, -0.25) is 9.59 Å². The lowest BCUT2D eigenvalue weighted by molar-refractivity contribution is -0.302. The summed E-state index contributed by atoms with van der Waals surface area (Å²) in [6.07, 6.45) is 65.7. The van der Waals surface area contributed by atoms with E-state index in [4.69, 9.17) is 14.2 Å². The maximum absolute atomic E-state index is 13.0. The number of carbonyl (C=O) groups excluding carboxylic acids is 2. The quantitative estimate of drug-likeness (QED) is 0.0195. The van der Waals surface area contributed by atoms with Crippen LogP contribution >= 0.6 is 0 Å². The normalized spacial score (nSPS) is 18.4. The Morgan fingerprint density at radius 2 is 0.790 bits per heavy atom. The standard InChI is InChI=1S/C70H131NO10/c1-3-5-7-9-11-13-14-15-16-28-32-35-38-42-46-50-54-58-66(75)79-59-55-51-47-43-39-36-33-30-27-25-23-21-19-17-18-20-22-24-26-29-31-34-37-41-45-49-53-57-65(74)71-62(63(73)56-52-48-44-40-12-10-8-6-4-2)61-80-70-69(78)68(77)67(76)64(60-72)81-70/h15-18,52,56,62-64,67-70,72-73,76-78H,3-14,19-51,53-55,57-61H2,1-2H3,(H,71,74)/b16-15-,18-17-,56-52+. The van der Waals surface area contributed by atoms with Gasteiger partial charge in [-0.2, -0.15) is 0 Å². The largest absolute Gasteiger partial charge is 0.466 e. The topological polar surface area (TPSA) is 175 Å². The molecule has 7 atom stereocenters. The van der Waals surface area contributed by atoms with Gasteiger partial charge in [0.05, 0.1) is 32.0 Å². The molecule has 0 saturated carbocycles. The number of allylic oxidation sites excluding steroid dienone is 5. The van der Waals surface area contributed by atoms with Crippen LogP contribution in [0.25, 0.3) is 0 Å². The van der Waals surface area contributed by atoms with Crippen molar-refractivity contribution >= 4 is 11.9 Å². The molecule has 476 valence electrons. The molecule has 0 aromatic heterocycles. The molecule has 1 aliphatic rings. The van der Waals surface area contributed by atoms with Crippen LogP contribution in [0.4, 0.5) is 0 Å². The molecule has 1 fully saturated rings. The minimum atomic E-state index is -1.57. The summed E-state index contributed by atoms with van der Waals surface area (Å²) < 4.78 is 16.7. The molecular formula is C70H131NO10. The molecule has 0 spiro atoms. The zero-order valence-corrected chi connectivity index (χ0v) is 52.8. The molecule has 81 heavy (non-hydrogen) atoms. The Hall–Kier alpha value is -2.12. The van der Waals surface area contributed by atoms with Crippen molar-refractivity contribution in [1.82, 2.24) is 5.32 Å². The minimum Gasteiger partial charge on any atom is -0.466 e. The first kappa shape index (κ1) is 76.9. The van der Waals surface area contributed by atoms with Gasteiger partial charge in [-0.05, 0) is 83.5 Å². The Kier molecular flexibility index (Phi) is 56.6. The van der Waals surface area contributed by atoms with Gasteiger partial charge in [-0.15, -0.1) is 0 Å². The Morgan fingerprint density at radius 1 is 0.444 bits per heavy atom. The average Bonchev–Trinajstić information content (AvgIpc) is 3.47. The number of aliphatic hydroxyl groups excluding tert-OH is 5. The molecule has 11 heteroatoms. The fourth-order valence-corrected chi connectivity index (χ4v) is 11.0. The third kappa shape index (κ3) is 48.8. The van der Waals surface area contributed by atoms with E-state index in [1.54, 1.807) is 6.08 Å². The van der Waals surface area contributed by atoms with Crippen molar-refractivity contribution in [2.24, 2.45) is 0 Å². The minimum absolute atomic E-state index is 0.00241. The third-order valence-electron chi connectivity index (χ3n) is 16.5. The highest BCUT2D eigenvalue weighted by Crippen LogP contribution is 2.23. The van der Waals surface area contributed by atoms with Gasteiger partial charge in [0.2, 0.25) is 5.91 Å². The average molecular weight is 1150 g/mol. The zero-order valence-electron chi connectivity index (χ0n) is 52.8. The SMILES string of the molecule is CCCCCCCC/C=C\CCCCCCCCCC(=O)OCCCCCCCCCCCCCC/C=C\CCCCCCCCCCCCCC(=O)NC(COC1OC(CO)C(O)C(O)C1O)C(O)/C=C/CCCCCCCCC. The zero-order chi connectivity index (χ0) is 58.7. The summed E-state index contributed by atoms with van der Waals surface area (Å²) in [7, 11) is 0. The number of aliphatic hydroxyl groups is 5. The van der Waals surface area contributed by atoms with Crippen LogP contribution in [-0.4, -0.2) is 100 Å². The van der Waals surface area contributed by atoms with Gasteiger partial charge >= 0.3 is 5.97 Å². The van der Waals surface area contributed by atoms with E-state index in [2.05, 4.69) is 43.5 Å². The Labute approximate surface area is 498 Å². The number of esters is 1. The van der Waals surface area contributed by atoms with Crippen LogP contribution in [0.1, 0.15) is 335 Å². The van der Waals surface area contributed by atoms with Crippen molar-refractivity contribution in [2.75, 3.05) is 19.8 Å². The number of nitrogens with one attached hydrogen (secondary N) is 1. The van der Waals surface area contributed by atoms with Gasteiger partial charge in [0.15, 0.2) is 6.29 Å². The summed E-state index contributed by atoms with van der Waals surface area (Å²) in [6, 6.07) is -0.809. The number of carbonyl (C=O) groups is 2. The van der Waals surface area contributed by atoms with E-state index in [9.17, 15) is 35.1 Å². The summed E-state index contributed by atoms with van der Waals surface area (Å²) in [5, 5.41) is 54.3. The number of amides is 1. The molecule has 6 N–H and O–H groups in total. The van der Waals surface area contributed by atoms with Gasteiger partial charge in [-0.25, -0.2) is 0 Å². The summed E-state index contributed by atoms with van der Waals surface area (Å²) in [6.45, 7) is 4.33. The van der Waals surface area contributed by atoms with Crippen molar-refractivity contribution in [3.8, 4) is 0 Å². The predicted molar refractivity (Wildman–Crippen MR) is 338 cm³/mol. The predicted octanol–water partition coefficient (Wildman–Crippen LogP) is 17.4. The molecule has 0 aromatic rings. The van der Waals surface area contributed by atoms with E-state index < -0.39 is 49.5 Å². The highest BCUT2D eigenvalue weighted by molar-refractivity contribution is 5.76. The van der Waals surface area contributed by atoms with E-state index in [0.29, 0.717) is 19.4 Å².